The van der Waals surface area contributed by atoms with Crippen LogP contribution in [0.1, 0.15) is 33.0 Å². The van der Waals surface area contributed by atoms with Crippen LogP contribution in [0.2, 0.25) is 5.02 Å². The minimum absolute atomic E-state index is 0.278. The molecule has 1 amide bonds. The molecule has 0 aliphatic heterocycles. The molecular weight excluding hydrogens is 454 g/mol. The Kier molecular flexibility index (Phi) is 5.79. The van der Waals surface area contributed by atoms with Gasteiger partial charge in [0.1, 0.15) is 17.3 Å². The number of carbonyl (C=O) groups is 1. The summed E-state index contributed by atoms with van der Waals surface area (Å²) >= 11 is 6.33. The number of benzene rings is 2. The van der Waals surface area contributed by atoms with Crippen LogP contribution in [0, 0.1) is 6.92 Å². The van der Waals surface area contributed by atoms with E-state index in [0.717, 1.165) is 40.1 Å². The number of amides is 1. The number of anilines is 1. The Balaban J connectivity index is 1.44. The molecule has 34 heavy (non-hydrogen) atoms. The molecule has 2 aromatic heterocycles. The van der Waals surface area contributed by atoms with Gasteiger partial charge in [0, 0.05) is 52.7 Å². The highest BCUT2D eigenvalue weighted by atomic mass is 35.5. The van der Waals surface area contributed by atoms with Crippen LogP contribution in [0.5, 0.6) is 11.5 Å². The number of rotatable bonds is 6. The molecule has 1 aliphatic rings. The van der Waals surface area contributed by atoms with Crippen LogP contribution in [0.15, 0.2) is 53.1 Å². The molecule has 0 fully saturated rings. The lowest BCUT2D eigenvalue weighted by atomic mass is 9.93. The number of ether oxygens (including phenoxy) is 2. The summed E-state index contributed by atoms with van der Waals surface area (Å²) in [6, 6.07) is 12.9. The lowest BCUT2D eigenvalue weighted by molar-refractivity contribution is 0.0994. The standard InChI is InChI=1S/C26H24ClN3O4/c1-15-23-22(34-25(15)26(31)28-18-10-19(32-2)12-20(11-18)33-3)9-8-17-14-30(29-24(17)23)13-16-6-4-5-7-21(16)27/h4-7,10-12,14H,8-9,13H2,1-3H3,(H,28,31). The molecular formula is C26H24ClN3O4. The maximum atomic E-state index is 13.1. The van der Waals surface area contributed by atoms with E-state index in [1.54, 1.807) is 32.4 Å². The molecule has 4 aromatic rings. The SMILES string of the molecule is COc1cc(NC(=O)c2oc3c(c2C)-c2nn(Cc4ccccc4Cl)cc2CC3)cc(OC)c1. The van der Waals surface area contributed by atoms with Crippen molar-refractivity contribution in [1.82, 2.24) is 9.78 Å². The Hall–Kier alpha value is -3.71. The monoisotopic (exact) mass is 477 g/mol. The Morgan fingerprint density at radius 2 is 1.88 bits per heavy atom. The van der Waals surface area contributed by atoms with Gasteiger partial charge in [0.25, 0.3) is 5.91 Å². The van der Waals surface area contributed by atoms with Crippen molar-refractivity contribution in [2.24, 2.45) is 0 Å². The Bertz CT molecular complexity index is 1370. The summed E-state index contributed by atoms with van der Waals surface area (Å²) in [6.07, 6.45) is 3.56. The second-order valence-corrected chi connectivity index (χ2v) is 8.61. The Labute approximate surface area is 202 Å². The molecule has 0 atom stereocenters. The van der Waals surface area contributed by atoms with Gasteiger partial charge < -0.3 is 19.2 Å². The number of hydrogen-bond donors (Lipinski definition) is 1. The highest BCUT2D eigenvalue weighted by Crippen LogP contribution is 2.39. The summed E-state index contributed by atoms with van der Waals surface area (Å²) in [5.74, 6) is 1.89. The van der Waals surface area contributed by atoms with E-state index in [-0.39, 0.29) is 11.7 Å². The predicted molar refractivity (Wildman–Crippen MR) is 130 cm³/mol. The van der Waals surface area contributed by atoms with Crippen LogP contribution >= 0.6 is 11.6 Å². The van der Waals surface area contributed by atoms with E-state index in [1.807, 2.05) is 35.9 Å². The molecule has 0 spiro atoms. The van der Waals surface area contributed by atoms with E-state index >= 15 is 0 Å². The summed E-state index contributed by atoms with van der Waals surface area (Å²) in [5.41, 5.74) is 5.21. The van der Waals surface area contributed by atoms with Crippen LogP contribution in [-0.2, 0) is 19.4 Å². The minimum Gasteiger partial charge on any atom is -0.497 e. The van der Waals surface area contributed by atoms with E-state index in [2.05, 4.69) is 11.5 Å². The third kappa shape index (κ3) is 4.03. The van der Waals surface area contributed by atoms with Crippen molar-refractivity contribution in [2.45, 2.75) is 26.3 Å². The maximum Gasteiger partial charge on any atom is 0.291 e. The van der Waals surface area contributed by atoms with Crippen LogP contribution in [-0.4, -0.2) is 29.9 Å². The highest BCUT2D eigenvalue weighted by molar-refractivity contribution is 6.31. The fourth-order valence-corrected chi connectivity index (χ4v) is 4.53. The van der Waals surface area contributed by atoms with Crippen LogP contribution in [0.3, 0.4) is 0 Å². The molecule has 5 rings (SSSR count). The number of aromatic nitrogens is 2. The quantitative estimate of drug-likeness (QED) is 0.395. The summed E-state index contributed by atoms with van der Waals surface area (Å²) < 4.78 is 18.5. The number of methoxy groups -OCH3 is 2. The fraction of sp³-hybridized carbons (Fsp3) is 0.231. The van der Waals surface area contributed by atoms with E-state index < -0.39 is 0 Å². The van der Waals surface area contributed by atoms with Gasteiger partial charge in [-0.05, 0) is 30.5 Å². The van der Waals surface area contributed by atoms with Crippen molar-refractivity contribution in [3.8, 4) is 22.8 Å². The third-order valence-corrected chi connectivity index (χ3v) is 6.39. The van der Waals surface area contributed by atoms with Gasteiger partial charge in [-0.2, -0.15) is 5.10 Å². The number of nitrogens with zero attached hydrogens (tertiary/aromatic N) is 2. The summed E-state index contributed by atoms with van der Waals surface area (Å²) in [5, 5.41) is 8.43. The highest BCUT2D eigenvalue weighted by Gasteiger charge is 2.30. The van der Waals surface area contributed by atoms with Gasteiger partial charge in [0.2, 0.25) is 0 Å². The van der Waals surface area contributed by atoms with Crippen molar-refractivity contribution in [3.05, 3.63) is 81.9 Å². The zero-order valence-electron chi connectivity index (χ0n) is 19.1. The van der Waals surface area contributed by atoms with E-state index in [9.17, 15) is 4.79 Å². The van der Waals surface area contributed by atoms with Gasteiger partial charge >= 0.3 is 0 Å². The largest absolute Gasteiger partial charge is 0.497 e. The Morgan fingerprint density at radius 1 is 1.15 bits per heavy atom. The minimum atomic E-state index is -0.334. The van der Waals surface area contributed by atoms with E-state index in [4.69, 9.17) is 30.6 Å². The molecule has 8 heteroatoms. The van der Waals surface area contributed by atoms with Crippen LogP contribution < -0.4 is 14.8 Å². The smallest absolute Gasteiger partial charge is 0.291 e. The normalized spacial score (nSPS) is 12.1. The van der Waals surface area contributed by atoms with Gasteiger partial charge in [-0.15, -0.1) is 0 Å². The second kappa shape index (κ2) is 8.91. The first-order chi connectivity index (χ1) is 16.5. The number of halogens is 1. The number of nitrogens with one attached hydrogen (secondary N) is 1. The van der Waals surface area contributed by atoms with Gasteiger partial charge in [0.15, 0.2) is 5.76 Å². The number of aryl methyl sites for hydroxylation is 2. The van der Waals surface area contributed by atoms with Crippen LogP contribution in [0.4, 0.5) is 5.69 Å². The average Bonchev–Trinajstić information content (AvgIpc) is 3.40. The maximum absolute atomic E-state index is 13.1. The molecule has 174 valence electrons. The molecule has 0 saturated heterocycles. The molecule has 7 nitrogen and oxygen atoms in total. The van der Waals surface area contributed by atoms with E-state index in [1.165, 1.54) is 0 Å². The average molecular weight is 478 g/mol. The Morgan fingerprint density at radius 3 is 2.59 bits per heavy atom. The first-order valence-corrected chi connectivity index (χ1v) is 11.3. The first kappa shape index (κ1) is 22.1. The van der Waals surface area contributed by atoms with Crippen molar-refractivity contribution in [1.29, 1.82) is 0 Å². The molecule has 1 N–H and O–H groups in total. The number of furan rings is 1. The molecule has 2 heterocycles. The summed E-state index contributed by atoms with van der Waals surface area (Å²) in [7, 11) is 3.13. The zero-order valence-corrected chi connectivity index (χ0v) is 19.9. The molecule has 0 unspecified atom stereocenters. The fourth-order valence-electron chi connectivity index (χ4n) is 4.33. The number of hydrogen-bond acceptors (Lipinski definition) is 5. The molecule has 2 aromatic carbocycles. The summed E-state index contributed by atoms with van der Waals surface area (Å²) in [4.78, 5) is 13.1. The molecule has 1 aliphatic carbocycles. The lowest BCUT2D eigenvalue weighted by Gasteiger charge is -2.09. The van der Waals surface area contributed by atoms with Gasteiger partial charge in [-0.1, -0.05) is 29.8 Å². The summed E-state index contributed by atoms with van der Waals surface area (Å²) in [6.45, 7) is 2.47. The van der Waals surface area contributed by atoms with E-state index in [0.29, 0.717) is 35.2 Å². The van der Waals surface area contributed by atoms with Gasteiger partial charge in [-0.3, -0.25) is 9.48 Å². The molecule has 0 radical (unpaired) electrons. The predicted octanol–water partition coefficient (Wildman–Crippen LogP) is 5.52. The van der Waals surface area contributed by atoms with Crippen molar-refractivity contribution in [3.63, 3.8) is 0 Å². The molecule has 0 saturated carbocycles. The number of carbonyl (C=O) groups excluding carboxylic acids is 1. The zero-order chi connectivity index (χ0) is 23.8. The van der Waals surface area contributed by atoms with Gasteiger partial charge in [0.05, 0.1) is 26.5 Å². The lowest BCUT2D eigenvalue weighted by Crippen LogP contribution is -2.12. The molecule has 0 bridgehead atoms. The first-order valence-electron chi connectivity index (χ1n) is 10.9. The van der Waals surface area contributed by atoms with Crippen LogP contribution in [0.25, 0.3) is 11.3 Å². The topological polar surface area (TPSA) is 78.5 Å². The van der Waals surface area contributed by atoms with Crippen molar-refractivity contribution < 1.29 is 18.7 Å². The number of fused-ring (bicyclic) bond motifs is 3. The van der Waals surface area contributed by atoms with Gasteiger partial charge in [-0.25, -0.2) is 0 Å². The van der Waals surface area contributed by atoms with Crippen molar-refractivity contribution >= 4 is 23.2 Å². The second-order valence-electron chi connectivity index (χ2n) is 8.20. The van der Waals surface area contributed by atoms with Crippen molar-refractivity contribution in [2.75, 3.05) is 19.5 Å². The third-order valence-electron chi connectivity index (χ3n) is 6.02.